The molecule has 20 heavy (non-hydrogen) atoms. The third kappa shape index (κ3) is 2.63. The van der Waals surface area contributed by atoms with E-state index in [2.05, 4.69) is 0 Å². The molecule has 0 saturated heterocycles. The molecule has 110 valence electrons. The molecule has 1 atom stereocenters. The Kier molecular flexibility index (Phi) is 4.28. The van der Waals surface area contributed by atoms with Crippen LogP contribution in [0.2, 0.25) is 0 Å². The zero-order valence-corrected chi connectivity index (χ0v) is 11.8. The molecule has 0 heterocycles. The van der Waals surface area contributed by atoms with Gasteiger partial charge < -0.3 is 15.2 Å². The number of hydrogen-bond donors (Lipinski definition) is 1. The van der Waals surface area contributed by atoms with Gasteiger partial charge in [0.25, 0.3) is 0 Å². The van der Waals surface area contributed by atoms with E-state index in [1.807, 2.05) is 0 Å². The van der Waals surface area contributed by atoms with Crippen molar-refractivity contribution in [1.29, 1.82) is 0 Å². The Labute approximate surface area is 118 Å². The molecule has 2 rings (SSSR count). The Morgan fingerprint density at radius 2 is 2.15 bits per heavy atom. The van der Waals surface area contributed by atoms with E-state index >= 15 is 0 Å². The van der Waals surface area contributed by atoms with Crippen molar-refractivity contribution >= 4 is 5.97 Å². The summed E-state index contributed by atoms with van der Waals surface area (Å²) < 4.78 is 23.6. The summed E-state index contributed by atoms with van der Waals surface area (Å²) in [7, 11) is 2.78. The minimum Gasteiger partial charge on any atom is -0.494 e. The van der Waals surface area contributed by atoms with Gasteiger partial charge in [0.15, 0.2) is 11.6 Å². The second-order valence-electron chi connectivity index (χ2n) is 5.27. The minimum absolute atomic E-state index is 0.191. The smallest absolute Gasteiger partial charge is 0.313 e. The molecule has 0 bridgehead atoms. The molecule has 5 heteroatoms. The molecule has 1 aromatic rings. The van der Waals surface area contributed by atoms with Crippen molar-refractivity contribution in [3.05, 3.63) is 29.6 Å². The van der Waals surface area contributed by atoms with Gasteiger partial charge in [0, 0.05) is 6.54 Å². The number of esters is 1. The van der Waals surface area contributed by atoms with Gasteiger partial charge in [-0.05, 0) is 42.9 Å². The topological polar surface area (TPSA) is 61.5 Å². The van der Waals surface area contributed by atoms with Crippen LogP contribution in [-0.2, 0) is 16.0 Å². The number of nitrogens with two attached hydrogens (primary N) is 1. The van der Waals surface area contributed by atoms with Crippen molar-refractivity contribution in [2.45, 2.75) is 19.3 Å². The highest BCUT2D eigenvalue weighted by molar-refractivity contribution is 5.78. The lowest BCUT2D eigenvalue weighted by molar-refractivity contribution is -0.153. The second kappa shape index (κ2) is 5.79. The van der Waals surface area contributed by atoms with Crippen LogP contribution in [0.15, 0.2) is 18.2 Å². The third-order valence-electron chi connectivity index (χ3n) is 4.05. The highest BCUT2D eigenvalue weighted by Crippen LogP contribution is 2.48. The lowest BCUT2D eigenvalue weighted by Crippen LogP contribution is -2.43. The van der Waals surface area contributed by atoms with Crippen molar-refractivity contribution in [3.63, 3.8) is 0 Å². The van der Waals surface area contributed by atoms with Gasteiger partial charge in [0.2, 0.25) is 0 Å². The van der Waals surface area contributed by atoms with Crippen LogP contribution in [0.25, 0.3) is 0 Å². The van der Waals surface area contributed by atoms with Gasteiger partial charge in [-0.2, -0.15) is 0 Å². The maximum atomic E-state index is 13.8. The van der Waals surface area contributed by atoms with Crippen LogP contribution in [-0.4, -0.2) is 26.7 Å². The van der Waals surface area contributed by atoms with Gasteiger partial charge in [-0.25, -0.2) is 4.39 Å². The van der Waals surface area contributed by atoms with E-state index in [4.69, 9.17) is 15.2 Å². The molecule has 1 aliphatic carbocycles. The predicted molar refractivity (Wildman–Crippen MR) is 72.9 cm³/mol. The Morgan fingerprint density at radius 3 is 2.60 bits per heavy atom. The SMILES string of the molecule is COC(=O)C(CN)(Cc1ccc(OC)c(F)c1)C1CC1. The van der Waals surface area contributed by atoms with E-state index in [-0.39, 0.29) is 24.2 Å². The Morgan fingerprint density at radius 1 is 1.45 bits per heavy atom. The highest BCUT2D eigenvalue weighted by atomic mass is 19.1. The summed E-state index contributed by atoms with van der Waals surface area (Å²) in [6.45, 7) is 0.206. The summed E-state index contributed by atoms with van der Waals surface area (Å²) in [6.07, 6.45) is 2.32. The van der Waals surface area contributed by atoms with Crippen LogP contribution in [0.1, 0.15) is 18.4 Å². The molecule has 1 aliphatic rings. The van der Waals surface area contributed by atoms with E-state index in [1.54, 1.807) is 12.1 Å². The normalized spacial score (nSPS) is 17.4. The largest absolute Gasteiger partial charge is 0.494 e. The van der Waals surface area contributed by atoms with Crippen molar-refractivity contribution < 1.29 is 18.7 Å². The summed E-state index contributed by atoms with van der Waals surface area (Å²) in [5, 5.41) is 0. The molecule has 0 radical (unpaired) electrons. The monoisotopic (exact) mass is 281 g/mol. The highest BCUT2D eigenvalue weighted by Gasteiger charge is 2.50. The summed E-state index contributed by atoms with van der Waals surface area (Å²) in [5.41, 5.74) is 5.84. The van der Waals surface area contributed by atoms with Gasteiger partial charge in [0.1, 0.15) is 0 Å². The molecule has 0 amide bonds. The number of hydrogen-bond acceptors (Lipinski definition) is 4. The van der Waals surface area contributed by atoms with E-state index < -0.39 is 11.2 Å². The summed E-state index contributed by atoms with van der Waals surface area (Å²) in [4.78, 5) is 12.1. The first kappa shape index (κ1) is 14.8. The fourth-order valence-corrected chi connectivity index (χ4v) is 2.73. The number of carbonyl (C=O) groups is 1. The number of halogens is 1. The lowest BCUT2D eigenvalue weighted by Gasteiger charge is -2.29. The molecule has 4 nitrogen and oxygen atoms in total. The zero-order valence-electron chi connectivity index (χ0n) is 11.8. The zero-order chi connectivity index (χ0) is 14.8. The third-order valence-corrected chi connectivity index (χ3v) is 4.05. The van der Waals surface area contributed by atoms with Crippen molar-refractivity contribution in [1.82, 2.24) is 0 Å². The number of carbonyl (C=O) groups excluding carboxylic acids is 1. The van der Waals surface area contributed by atoms with Crippen molar-refractivity contribution in [2.75, 3.05) is 20.8 Å². The molecule has 0 spiro atoms. The molecule has 1 fully saturated rings. The van der Waals surface area contributed by atoms with Gasteiger partial charge in [0.05, 0.1) is 19.6 Å². The standard InChI is InChI=1S/C15H20FNO3/c1-19-13-6-3-10(7-12(13)16)8-15(9-17,11-4-5-11)14(18)20-2/h3,6-7,11H,4-5,8-9,17H2,1-2H3. The quantitative estimate of drug-likeness (QED) is 0.809. The average Bonchev–Trinajstić information content (AvgIpc) is 3.29. The summed E-state index contributed by atoms with van der Waals surface area (Å²) in [6, 6.07) is 4.72. The van der Waals surface area contributed by atoms with E-state index in [1.165, 1.54) is 20.3 Å². The molecule has 2 N–H and O–H groups in total. The fourth-order valence-electron chi connectivity index (χ4n) is 2.73. The van der Waals surface area contributed by atoms with E-state index in [9.17, 15) is 9.18 Å². The fraction of sp³-hybridized carbons (Fsp3) is 0.533. The number of rotatable bonds is 6. The van der Waals surface area contributed by atoms with Crippen LogP contribution < -0.4 is 10.5 Å². The van der Waals surface area contributed by atoms with Crippen LogP contribution in [0.4, 0.5) is 4.39 Å². The molecule has 1 saturated carbocycles. The molecule has 0 aromatic heterocycles. The number of benzene rings is 1. The maximum Gasteiger partial charge on any atom is 0.313 e. The number of methoxy groups -OCH3 is 2. The Hall–Kier alpha value is -1.62. The van der Waals surface area contributed by atoms with Gasteiger partial charge in [-0.3, -0.25) is 4.79 Å². The average molecular weight is 281 g/mol. The molecule has 1 aromatic carbocycles. The van der Waals surface area contributed by atoms with Crippen LogP contribution in [0.5, 0.6) is 5.75 Å². The van der Waals surface area contributed by atoms with E-state index in [0.717, 1.165) is 18.4 Å². The number of ether oxygens (including phenoxy) is 2. The van der Waals surface area contributed by atoms with Crippen LogP contribution in [0.3, 0.4) is 0 Å². The summed E-state index contributed by atoms with van der Waals surface area (Å²) in [5.74, 6) is -0.322. The first-order valence-corrected chi connectivity index (χ1v) is 6.68. The molecular formula is C15H20FNO3. The first-order chi connectivity index (χ1) is 9.57. The predicted octanol–water partition coefficient (Wildman–Crippen LogP) is 1.90. The van der Waals surface area contributed by atoms with Gasteiger partial charge >= 0.3 is 5.97 Å². The molecular weight excluding hydrogens is 261 g/mol. The first-order valence-electron chi connectivity index (χ1n) is 6.68. The lowest BCUT2D eigenvalue weighted by atomic mass is 9.77. The van der Waals surface area contributed by atoms with Gasteiger partial charge in [-0.1, -0.05) is 6.07 Å². The second-order valence-corrected chi connectivity index (χ2v) is 5.27. The Balaban J connectivity index is 2.28. The van der Waals surface area contributed by atoms with Crippen molar-refractivity contribution in [2.24, 2.45) is 17.1 Å². The van der Waals surface area contributed by atoms with Crippen LogP contribution in [0, 0.1) is 17.2 Å². The summed E-state index contributed by atoms with van der Waals surface area (Å²) >= 11 is 0. The van der Waals surface area contributed by atoms with E-state index in [0.29, 0.717) is 6.42 Å². The molecule has 0 aliphatic heterocycles. The van der Waals surface area contributed by atoms with Crippen molar-refractivity contribution in [3.8, 4) is 5.75 Å². The Bertz CT molecular complexity index is 502. The van der Waals surface area contributed by atoms with Gasteiger partial charge in [-0.15, -0.1) is 0 Å². The molecule has 1 unspecified atom stereocenters. The van der Waals surface area contributed by atoms with Crippen LogP contribution >= 0.6 is 0 Å². The minimum atomic E-state index is -0.740. The maximum absolute atomic E-state index is 13.8.